The molecule has 0 aliphatic heterocycles. The number of nitrogens with two attached hydrogens (primary N) is 2. The van der Waals surface area contributed by atoms with E-state index in [4.69, 9.17) is 21.7 Å². The molecule has 0 saturated carbocycles. The number of rotatable bonds is 15. The van der Waals surface area contributed by atoms with E-state index in [0.29, 0.717) is 31.6 Å². The van der Waals surface area contributed by atoms with Gasteiger partial charge in [-0.25, -0.2) is 4.79 Å². The van der Waals surface area contributed by atoms with Crippen molar-refractivity contribution in [1.29, 1.82) is 0 Å². The monoisotopic (exact) mass is 406 g/mol. The van der Waals surface area contributed by atoms with Gasteiger partial charge in [-0.1, -0.05) is 6.42 Å². The number of nitrogens with one attached hydrogen (secondary N) is 2. The van der Waals surface area contributed by atoms with Gasteiger partial charge < -0.3 is 32.3 Å². The number of carboxylic acid groups (broad SMARTS) is 2. The van der Waals surface area contributed by atoms with Crippen molar-refractivity contribution in [2.45, 2.75) is 56.7 Å². The van der Waals surface area contributed by atoms with E-state index >= 15 is 0 Å². The summed E-state index contributed by atoms with van der Waals surface area (Å²) in [6.07, 6.45) is 3.33. The fourth-order valence-electron chi connectivity index (χ4n) is 2.22. The first-order valence-electron chi connectivity index (χ1n) is 8.72. The first kappa shape index (κ1) is 25.1. The van der Waals surface area contributed by atoms with Gasteiger partial charge in [0.25, 0.3) is 0 Å². The zero-order valence-corrected chi connectivity index (χ0v) is 16.3. The summed E-state index contributed by atoms with van der Waals surface area (Å²) in [4.78, 5) is 46.5. The Hall–Kier alpha value is -1.85. The van der Waals surface area contributed by atoms with E-state index in [-0.39, 0.29) is 6.42 Å². The van der Waals surface area contributed by atoms with Crippen LogP contribution in [-0.2, 0) is 19.2 Å². The number of carbonyl (C=O) groups excluding carboxylic acids is 2. The molecule has 3 unspecified atom stereocenters. The third-order valence-electron chi connectivity index (χ3n) is 3.81. The molecule has 0 rings (SSSR count). The predicted octanol–water partition coefficient (Wildman–Crippen LogP) is -0.885. The molecular weight excluding hydrogens is 376 g/mol. The molecule has 156 valence electrons. The molecule has 0 saturated heterocycles. The molecule has 0 aromatic heterocycles. The Morgan fingerprint density at radius 1 is 0.963 bits per heavy atom. The minimum Gasteiger partial charge on any atom is -0.481 e. The van der Waals surface area contributed by atoms with Gasteiger partial charge in [-0.2, -0.15) is 11.8 Å². The van der Waals surface area contributed by atoms with E-state index in [9.17, 15) is 19.2 Å². The molecule has 0 aliphatic carbocycles. The van der Waals surface area contributed by atoms with Crippen LogP contribution in [0.25, 0.3) is 0 Å². The van der Waals surface area contributed by atoms with Crippen molar-refractivity contribution in [3.63, 3.8) is 0 Å². The second-order valence-corrected chi connectivity index (χ2v) is 7.05. The molecule has 0 bridgehead atoms. The molecule has 27 heavy (non-hydrogen) atoms. The van der Waals surface area contributed by atoms with Crippen LogP contribution in [0, 0.1) is 0 Å². The molecule has 10 nitrogen and oxygen atoms in total. The van der Waals surface area contributed by atoms with E-state index in [1.165, 1.54) is 11.8 Å². The van der Waals surface area contributed by atoms with E-state index < -0.39 is 48.3 Å². The summed E-state index contributed by atoms with van der Waals surface area (Å²) in [6.45, 7) is 0.500. The summed E-state index contributed by atoms with van der Waals surface area (Å²) in [6, 6.07) is -3.08. The Morgan fingerprint density at radius 2 is 1.59 bits per heavy atom. The first-order chi connectivity index (χ1) is 12.7. The van der Waals surface area contributed by atoms with Crippen molar-refractivity contribution in [3.8, 4) is 0 Å². The van der Waals surface area contributed by atoms with E-state index in [1.54, 1.807) is 0 Å². The highest BCUT2D eigenvalue weighted by atomic mass is 32.2. The van der Waals surface area contributed by atoms with Crippen LogP contribution < -0.4 is 22.1 Å². The maximum atomic E-state index is 12.4. The second-order valence-electron chi connectivity index (χ2n) is 6.07. The van der Waals surface area contributed by atoms with E-state index in [1.807, 2.05) is 6.26 Å². The van der Waals surface area contributed by atoms with Crippen LogP contribution in [0.1, 0.15) is 38.5 Å². The standard InChI is InChI=1S/C16H30N4O6S/c1-27-9-7-11(19-14(23)10(18)4-2-3-8-17)15(24)20-12(16(25)26)5-6-13(21)22/h10-12H,2-9,17-18H2,1H3,(H,19,23)(H,20,24)(H,21,22)(H,25,26). The minimum atomic E-state index is -1.35. The minimum absolute atomic E-state index is 0.252. The molecule has 0 spiro atoms. The molecule has 0 aromatic rings. The number of amides is 2. The summed E-state index contributed by atoms with van der Waals surface area (Å²) < 4.78 is 0. The van der Waals surface area contributed by atoms with Crippen LogP contribution in [0.2, 0.25) is 0 Å². The fraction of sp³-hybridized carbons (Fsp3) is 0.750. The third-order valence-corrected chi connectivity index (χ3v) is 4.46. The topological polar surface area (TPSA) is 185 Å². The van der Waals surface area contributed by atoms with Crippen molar-refractivity contribution in [1.82, 2.24) is 10.6 Å². The smallest absolute Gasteiger partial charge is 0.326 e. The van der Waals surface area contributed by atoms with Gasteiger partial charge in [-0.05, 0) is 44.2 Å². The first-order valence-corrected chi connectivity index (χ1v) is 10.1. The van der Waals surface area contributed by atoms with Crippen LogP contribution in [0.15, 0.2) is 0 Å². The lowest BCUT2D eigenvalue weighted by molar-refractivity contribution is -0.143. The quantitative estimate of drug-likeness (QED) is 0.188. The molecule has 0 heterocycles. The van der Waals surface area contributed by atoms with Crippen LogP contribution >= 0.6 is 11.8 Å². The molecular formula is C16H30N4O6S. The van der Waals surface area contributed by atoms with Gasteiger partial charge >= 0.3 is 11.9 Å². The number of carboxylic acids is 2. The van der Waals surface area contributed by atoms with Crippen molar-refractivity contribution in [2.24, 2.45) is 11.5 Å². The summed E-state index contributed by atoms with van der Waals surface area (Å²) in [5.74, 6) is -3.10. The average Bonchev–Trinajstić information content (AvgIpc) is 2.61. The van der Waals surface area contributed by atoms with E-state index in [2.05, 4.69) is 10.6 Å². The number of carbonyl (C=O) groups is 4. The second kappa shape index (κ2) is 14.2. The van der Waals surface area contributed by atoms with Crippen LogP contribution in [-0.4, -0.2) is 70.6 Å². The number of unbranched alkanes of at least 4 members (excludes halogenated alkanes) is 1. The molecule has 11 heteroatoms. The molecule has 3 atom stereocenters. The number of thioether (sulfide) groups is 1. The Morgan fingerprint density at radius 3 is 2.11 bits per heavy atom. The van der Waals surface area contributed by atoms with Crippen molar-refractivity contribution >= 4 is 35.5 Å². The molecule has 2 amide bonds. The normalized spacial score (nSPS) is 14.0. The van der Waals surface area contributed by atoms with Crippen molar-refractivity contribution < 1.29 is 29.4 Å². The Labute approximate surface area is 162 Å². The highest BCUT2D eigenvalue weighted by Gasteiger charge is 2.27. The summed E-state index contributed by atoms with van der Waals surface area (Å²) in [5.41, 5.74) is 11.2. The van der Waals surface area contributed by atoms with Crippen LogP contribution in [0.4, 0.5) is 0 Å². The highest BCUT2D eigenvalue weighted by molar-refractivity contribution is 7.98. The van der Waals surface area contributed by atoms with Gasteiger partial charge in [-0.15, -0.1) is 0 Å². The molecule has 0 radical (unpaired) electrons. The summed E-state index contributed by atoms with van der Waals surface area (Å²) in [5, 5.41) is 22.7. The molecule has 0 aromatic carbocycles. The Kier molecular flexibility index (Phi) is 13.3. The maximum absolute atomic E-state index is 12.4. The van der Waals surface area contributed by atoms with E-state index in [0.717, 1.165) is 6.42 Å². The van der Waals surface area contributed by atoms with Gasteiger partial charge in [0, 0.05) is 6.42 Å². The zero-order chi connectivity index (χ0) is 20.8. The van der Waals surface area contributed by atoms with Gasteiger partial charge in [0.1, 0.15) is 12.1 Å². The van der Waals surface area contributed by atoms with Crippen LogP contribution in [0.3, 0.4) is 0 Å². The SMILES string of the molecule is CSCCC(NC(=O)C(N)CCCCN)C(=O)NC(CCC(=O)O)C(=O)O. The summed E-state index contributed by atoms with van der Waals surface area (Å²) >= 11 is 1.47. The van der Waals surface area contributed by atoms with Crippen molar-refractivity contribution in [3.05, 3.63) is 0 Å². The van der Waals surface area contributed by atoms with Gasteiger partial charge in [-0.3, -0.25) is 14.4 Å². The van der Waals surface area contributed by atoms with Gasteiger partial charge in [0.2, 0.25) is 11.8 Å². The number of hydrogen-bond acceptors (Lipinski definition) is 7. The molecule has 0 aliphatic rings. The van der Waals surface area contributed by atoms with Gasteiger partial charge in [0.15, 0.2) is 0 Å². The Balaban J connectivity index is 4.87. The number of hydrogen-bond donors (Lipinski definition) is 6. The predicted molar refractivity (Wildman–Crippen MR) is 102 cm³/mol. The summed E-state index contributed by atoms with van der Waals surface area (Å²) in [7, 11) is 0. The lowest BCUT2D eigenvalue weighted by Crippen LogP contribution is -2.54. The Bertz CT molecular complexity index is 505. The molecule has 8 N–H and O–H groups in total. The fourth-order valence-corrected chi connectivity index (χ4v) is 2.69. The lowest BCUT2D eigenvalue weighted by Gasteiger charge is -2.22. The largest absolute Gasteiger partial charge is 0.481 e. The average molecular weight is 407 g/mol. The maximum Gasteiger partial charge on any atom is 0.326 e. The highest BCUT2D eigenvalue weighted by Crippen LogP contribution is 2.05. The van der Waals surface area contributed by atoms with Gasteiger partial charge in [0.05, 0.1) is 6.04 Å². The lowest BCUT2D eigenvalue weighted by atomic mass is 10.1. The molecule has 0 fully saturated rings. The third kappa shape index (κ3) is 11.5. The number of aliphatic carboxylic acids is 2. The van der Waals surface area contributed by atoms with Crippen molar-refractivity contribution in [2.75, 3.05) is 18.6 Å². The van der Waals surface area contributed by atoms with Crippen LogP contribution in [0.5, 0.6) is 0 Å². The zero-order valence-electron chi connectivity index (χ0n) is 15.5.